The molecule has 7 heteroatoms. The number of nitrogen functional groups attached to an aromatic ring is 1. The lowest BCUT2D eigenvalue weighted by Crippen LogP contribution is -2.31. The Morgan fingerprint density at radius 1 is 1.25 bits per heavy atom. The summed E-state index contributed by atoms with van der Waals surface area (Å²) in [6.45, 7) is 10.4. The van der Waals surface area contributed by atoms with E-state index in [9.17, 15) is 4.79 Å². The Bertz CT molecular complexity index is 701. The molecule has 3 N–H and O–H groups in total. The topological polar surface area (TPSA) is 85.8 Å². The van der Waals surface area contributed by atoms with Gasteiger partial charge in [0.1, 0.15) is 0 Å². The zero-order valence-electron chi connectivity index (χ0n) is 14.8. The average molecular weight is 347 g/mol. The van der Waals surface area contributed by atoms with E-state index < -0.39 is 0 Å². The molecule has 0 atom stereocenters. The lowest BCUT2D eigenvalue weighted by Gasteiger charge is -2.19. The van der Waals surface area contributed by atoms with Crippen molar-refractivity contribution in [3.63, 3.8) is 0 Å². The van der Waals surface area contributed by atoms with E-state index in [1.807, 2.05) is 26.0 Å². The number of rotatable bonds is 5. The monoisotopic (exact) mass is 347 g/mol. The molecule has 0 bridgehead atoms. The predicted octanol–water partition coefficient (Wildman–Crippen LogP) is 2.57. The molecule has 1 heterocycles. The van der Waals surface area contributed by atoms with Gasteiger partial charge < -0.3 is 11.2 Å². The molecular formula is C17H25N5OS. The predicted molar refractivity (Wildman–Crippen MR) is 98.3 cm³/mol. The van der Waals surface area contributed by atoms with Crippen molar-refractivity contribution in [1.82, 2.24) is 20.2 Å². The highest BCUT2D eigenvalue weighted by molar-refractivity contribution is 7.99. The number of benzene rings is 1. The number of thioether (sulfide) groups is 1. The Kier molecular flexibility index (Phi) is 5.54. The first-order valence-electron chi connectivity index (χ1n) is 7.92. The fourth-order valence-corrected chi connectivity index (χ4v) is 2.85. The van der Waals surface area contributed by atoms with Crippen LogP contribution in [0.5, 0.6) is 0 Å². The van der Waals surface area contributed by atoms with Crippen LogP contribution in [0.2, 0.25) is 0 Å². The quantitative estimate of drug-likeness (QED) is 0.641. The van der Waals surface area contributed by atoms with E-state index in [0.29, 0.717) is 11.0 Å². The number of carbonyl (C=O) groups excluding carboxylic acids is 1. The van der Waals surface area contributed by atoms with Crippen molar-refractivity contribution in [2.45, 2.75) is 51.2 Å². The van der Waals surface area contributed by atoms with Crippen molar-refractivity contribution in [3.8, 4) is 11.4 Å². The number of hydrogen-bond acceptors (Lipinski definition) is 5. The van der Waals surface area contributed by atoms with Crippen LogP contribution < -0.4 is 11.2 Å². The van der Waals surface area contributed by atoms with E-state index in [-0.39, 0.29) is 23.1 Å². The fourth-order valence-electron chi connectivity index (χ4n) is 2.19. The second-order valence-corrected chi connectivity index (χ2v) is 7.96. The van der Waals surface area contributed by atoms with Crippen molar-refractivity contribution in [2.75, 3.05) is 11.6 Å². The third kappa shape index (κ3) is 4.50. The van der Waals surface area contributed by atoms with Crippen LogP contribution in [0.15, 0.2) is 29.4 Å². The van der Waals surface area contributed by atoms with Gasteiger partial charge in [0.05, 0.1) is 5.75 Å². The van der Waals surface area contributed by atoms with Crippen molar-refractivity contribution in [1.29, 1.82) is 0 Å². The highest BCUT2D eigenvalue weighted by Crippen LogP contribution is 2.26. The first-order valence-corrected chi connectivity index (χ1v) is 8.90. The van der Waals surface area contributed by atoms with E-state index in [1.165, 1.54) is 22.0 Å². The number of hydrogen-bond donors (Lipinski definition) is 2. The lowest BCUT2D eigenvalue weighted by molar-refractivity contribution is -0.119. The van der Waals surface area contributed by atoms with Crippen LogP contribution in [0, 0.1) is 0 Å². The van der Waals surface area contributed by atoms with Gasteiger partial charge in [0.15, 0.2) is 5.82 Å². The summed E-state index contributed by atoms with van der Waals surface area (Å²) in [5.41, 5.74) is 2.24. The lowest BCUT2D eigenvalue weighted by atomic mass is 9.87. The second-order valence-electron chi connectivity index (χ2n) is 7.01. The highest BCUT2D eigenvalue weighted by Gasteiger charge is 2.16. The van der Waals surface area contributed by atoms with Crippen molar-refractivity contribution in [3.05, 3.63) is 29.8 Å². The zero-order chi connectivity index (χ0) is 17.9. The Morgan fingerprint density at radius 3 is 2.42 bits per heavy atom. The van der Waals surface area contributed by atoms with Crippen LogP contribution in [0.4, 0.5) is 0 Å². The first-order chi connectivity index (χ1) is 11.2. The van der Waals surface area contributed by atoms with E-state index >= 15 is 0 Å². The average Bonchev–Trinajstić information content (AvgIpc) is 2.85. The maximum atomic E-state index is 11.7. The molecule has 130 valence electrons. The third-order valence-corrected chi connectivity index (χ3v) is 4.40. The molecule has 0 spiro atoms. The van der Waals surface area contributed by atoms with E-state index in [2.05, 4.69) is 48.4 Å². The minimum absolute atomic E-state index is 0.0471. The molecule has 0 unspecified atom stereocenters. The second kappa shape index (κ2) is 7.25. The van der Waals surface area contributed by atoms with Gasteiger partial charge in [-0.05, 0) is 24.8 Å². The number of nitrogens with zero attached hydrogens (tertiary/aromatic N) is 3. The van der Waals surface area contributed by atoms with Crippen LogP contribution >= 0.6 is 11.8 Å². The molecule has 24 heavy (non-hydrogen) atoms. The van der Waals surface area contributed by atoms with Gasteiger partial charge in [0.25, 0.3) is 0 Å². The van der Waals surface area contributed by atoms with Crippen molar-refractivity contribution < 1.29 is 4.79 Å². The summed E-state index contributed by atoms with van der Waals surface area (Å²) in [5, 5.41) is 11.6. The number of nitrogens with two attached hydrogens (primary N) is 1. The fraction of sp³-hybridized carbons (Fsp3) is 0.471. The minimum atomic E-state index is -0.0471. The van der Waals surface area contributed by atoms with E-state index in [1.54, 1.807) is 0 Å². The van der Waals surface area contributed by atoms with Gasteiger partial charge in [0, 0.05) is 11.6 Å². The largest absolute Gasteiger partial charge is 0.353 e. The molecule has 0 aliphatic carbocycles. The van der Waals surface area contributed by atoms with E-state index in [0.717, 1.165) is 5.56 Å². The molecule has 0 radical (unpaired) electrons. The third-order valence-electron chi connectivity index (χ3n) is 3.46. The van der Waals surface area contributed by atoms with Crippen LogP contribution in [0.3, 0.4) is 0 Å². The molecule has 1 aromatic carbocycles. The van der Waals surface area contributed by atoms with Gasteiger partial charge in [-0.3, -0.25) is 4.79 Å². The van der Waals surface area contributed by atoms with Gasteiger partial charge in [0.2, 0.25) is 11.1 Å². The summed E-state index contributed by atoms with van der Waals surface area (Å²) in [4.78, 5) is 11.7. The molecule has 0 saturated heterocycles. The Labute approximate surface area is 147 Å². The number of carbonyl (C=O) groups is 1. The van der Waals surface area contributed by atoms with E-state index in [4.69, 9.17) is 5.84 Å². The minimum Gasteiger partial charge on any atom is -0.353 e. The number of nitrogens with one attached hydrogen (secondary N) is 1. The molecule has 6 nitrogen and oxygen atoms in total. The maximum Gasteiger partial charge on any atom is 0.230 e. The summed E-state index contributed by atoms with van der Waals surface area (Å²) >= 11 is 1.27. The summed E-state index contributed by atoms with van der Waals surface area (Å²) < 4.78 is 1.43. The van der Waals surface area contributed by atoms with Gasteiger partial charge in [-0.15, -0.1) is 10.2 Å². The van der Waals surface area contributed by atoms with Gasteiger partial charge in [-0.1, -0.05) is 56.8 Å². The SMILES string of the molecule is CC(C)NC(=O)CSc1nnc(-c2ccc(C(C)(C)C)cc2)n1N. The molecule has 0 fully saturated rings. The summed E-state index contributed by atoms with van der Waals surface area (Å²) in [5.74, 6) is 6.88. The molecule has 0 aliphatic heterocycles. The molecule has 2 rings (SSSR count). The van der Waals surface area contributed by atoms with Crippen LogP contribution in [0.1, 0.15) is 40.2 Å². The standard InChI is InChI=1S/C17H25N5OS/c1-11(2)19-14(23)10-24-16-21-20-15(22(16)18)12-6-8-13(9-7-12)17(3,4)5/h6-9,11H,10,18H2,1-5H3,(H,19,23). The number of amides is 1. The van der Waals surface area contributed by atoms with Crippen molar-refractivity contribution >= 4 is 17.7 Å². The van der Waals surface area contributed by atoms with Crippen LogP contribution in [-0.2, 0) is 10.2 Å². The Hall–Kier alpha value is -2.02. The first kappa shape index (κ1) is 18.3. The summed E-state index contributed by atoms with van der Waals surface area (Å²) in [7, 11) is 0. The van der Waals surface area contributed by atoms with Gasteiger partial charge in [-0.2, -0.15) is 0 Å². The molecular weight excluding hydrogens is 322 g/mol. The smallest absolute Gasteiger partial charge is 0.230 e. The molecule has 1 amide bonds. The summed E-state index contributed by atoms with van der Waals surface area (Å²) in [6, 6.07) is 8.26. The van der Waals surface area contributed by atoms with Crippen LogP contribution in [0.25, 0.3) is 11.4 Å². The zero-order valence-corrected chi connectivity index (χ0v) is 15.6. The Morgan fingerprint density at radius 2 is 1.88 bits per heavy atom. The van der Waals surface area contributed by atoms with Gasteiger partial charge in [-0.25, -0.2) is 4.68 Å². The molecule has 1 aromatic heterocycles. The summed E-state index contributed by atoms with van der Waals surface area (Å²) in [6.07, 6.45) is 0. The van der Waals surface area contributed by atoms with Crippen LogP contribution in [-0.4, -0.2) is 32.6 Å². The molecule has 2 aromatic rings. The maximum absolute atomic E-state index is 11.7. The highest BCUT2D eigenvalue weighted by atomic mass is 32.2. The molecule has 0 aliphatic rings. The normalized spacial score (nSPS) is 11.8. The molecule has 0 saturated carbocycles. The van der Waals surface area contributed by atoms with Gasteiger partial charge >= 0.3 is 0 Å². The Balaban J connectivity index is 2.11. The number of aromatic nitrogens is 3. The van der Waals surface area contributed by atoms with Crippen molar-refractivity contribution in [2.24, 2.45) is 0 Å².